The maximum atomic E-state index is 12.4. The second kappa shape index (κ2) is 7.03. The number of rotatable bonds is 4. The lowest BCUT2D eigenvalue weighted by Crippen LogP contribution is -2.36. The number of hydrogen-bond acceptors (Lipinski definition) is 7. The molecule has 0 aromatic carbocycles. The van der Waals surface area contributed by atoms with Crippen LogP contribution in [0.15, 0.2) is 17.2 Å². The molecular weight excluding hydrogens is 330 g/mol. The molecule has 0 atom stereocenters. The van der Waals surface area contributed by atoms with Gasteiger partial charge in [-0.05, 0) is 19.3 Å². The van der Waals surface area contributed by atoms with Crippen LogP contribution in [0, 0.1) is 0 Å². The van der Waals surface area contributed by atoms with Gasteiger partial charge >= 0.3 is 0 Å². The molecule has 4 heterocycles. The second-order valence-corrected chi connectivity index (χ2v) is 7.26. The van der Waals surface area contributed by atoms with Crippen molar-refractivity contribution in [2.45, 2.75) is 32.4 Å². The third-order valence-electron chi connectivity index (χ3n) is 5.04. The molecule has 4 rings (SSSR count). The molecule has 0 amide bonds. The van der Waals surface area contributed by atoms with Crippen molar-refractivity contribution in [2.75, 3.05) is 43.5 Å². The smallest absolute Gasteiger partial charge is 0.255 e. The zero-order valence-corrected chi connectivity index (χ0v) is 15.4. The van der Waals surface area contributed by atoms with Gasteiger partial charge in [0.1, 0.15) is 0 Å². The van der Waals surface area contributed by atoms with E-state index in [1.54, 1.807) is 0 Å². The first-order valence-electron chi connectivity index (χ1n) is 9.18. The quantitative estimate of drug-likeness (QED) is 0.868. The van der Waals surface area contributed by atoms with Crippen LogP contribution in [0.4, 0.5) is 11.9 Å². The highest BCUT2D eigenvalue weighted by molar-refractivity contribution is 5.35. The van der Waals surface area contributed by atoms with E-state index in [-0.39, 0.29) is 5.56 Å². The first-order chi connectivity index (χ1) is 12.6. The van der Waals surface area contributed by atoms with Gasteiger partial charge in [-0.15, -0.1) is 0 Å². The summed E-state index contributed by atoms with van der Waals surface area (Å²) in [4.78, 5) is 35.3. The Balaban J connectivity index is 1.50. The fourth-order valence-electron chi connectivity index (χ4n) is 3.61. The average molecular weight is 355 g/mol. The summed E-state index contributed by atoms with van der Waals surface area (Å²) in [7, 11) is 3.86. The molecule has 0 saturated carbocycles. The minimum Gasteiger partial charge on any atom is -0.347 e. The number of anilines is 2. The molecule has 8 nitrogen and oxygen atoms in total. The first kappa shape index (κ1) is 17.0. The van der Waals surface area contributed by atoms with E-state index in [2.05, 4.69) is 24.8 Å². The molecule has 8 heteroatoms. The Kier molecular flexibility index (Phi) is 4.58. The van der Waals surface area contributed by atoms with E-state index in [0.29, 0.717) is 12.5 Å². The number of aromatic amines is 1. The van der Waals surface area contributed by atoms with Crippen LogP contribution in [0.25, 0.3) is 0 Å². The van der Waals surface area contributed by atoms with E-state index in [1.807, 2.05) is 31.4 Å². The van der Waals surface area contributed by atoms with Crippen molar-refractivity contribution >= 4 is 11.9 Å². The molecule has 0 bridgehead atoms. The molecule has 1 N–H and O–H groups in total. The summed E-state index contributed by atoms with van der Waals surface area (Å²) in [5, 5.41) is 0. The molecule has 1 fully saturated rings. The lowest BCUT2D eigenvalue weighted by molar-refractivity contribution is 0.240. The van der Waals surface area contributed by atoms with Gasteiger partial charge in [-0.1, -0.05) is 0 Å². The SMILES string of the molecule is CN(C)c1ncc(CN2CCc3c(nc(N4CCCC4)[nH]c3=O)C2)cn1. The lowest BCUT2D eigenvalue weighted by atomic mass is 10.1. The minimum absolute atomic E-state index is 0.0234. The molecular formula is C18H25N7O. The van der Waals surface area contributed by atoms with Crippen molar-refractivity contribution in [1.29, 1.82) is 0 Å². The van der Waals surface area contributed by atoms with Crippen molar-refractivity contribution in [3.8, 4) is 0 Å². The van der Waals surface area contributed by atoms with E-state index in [4.69, 9.17) is 4.98 Å². The summed E-state index contributed by atoms with van der Waals surface area (Å²) >= 11 is 0. The molecule has 2 aromatic heterocycles. The summed E-state index contributed by atoms with van der Waals surface area (Å²) in [6.07, 6.45) is 6.80. The Bertz CT molecular complexity index is 824. The third kappa shape index (κ3) is 3.41. The summed E-state index contributed by atoms with van der Waals surface area (Å²) in [5.41, 5.74) is 2.84. The van der Waals surface area contributed by atoms with E-state index in [9.17, 15) is 4.79 Å². The van der Waals surface area contributed by atoms with E-state index in [1.165, 1.54) is 0 Å². The highest BCUT2D eigenvalue weighted by Crippen LogP contribution is 2.20. The van der Waals surface area contributed by atoms with Crippen LogP contribution in [0.2, 0.25) is 0 Å². The number of hydrogen-bond donors (Lipinski definition) is 1. The van der Waals surface area contributed by atoms with Gasteiger partial charge in [0.25, 0.3) is 5.56 Å². The number of H-pyrrole nitrogens is 1. The molecule has 0 radical (unpaired) electrons. The minimum atomic E-state index is 0.0234. The fourth-order valence-corrected chi connectivity index (χ4v) is 3.61. The van der Waals surface area contributed by atoms with Gasteiger partial charge in [0, 0.05) is 70.3 Å². The maximum absolute atomic E-state index is 12.4. The van der Waals surface area contributed by atoms with E-state index >= 15 is 0 Å². The highest BCUT2D eigenvalue weighted by Gasteiger charge is 2.23. The zero-order valence-electron chi connectivity index (χ0n) is 15.4. The molecule has 0 spiro atoms. The van der Waals surface area contributed by atoms with Gasteiger partial charge in [0.2, 0.25) is 11.9 Å². The normalized spacial score (nSPS) is 17.4. The number of nitrogens with one attached hydrogen (secondary N) is 1. The van der Waals surface area contributed by atoms with Gasteiger partial charge in [0.05, 0.1) is 5.69 Å². The van der Waals surface area contributed by atoms with Crippen LogP contribution >= 0.6 is 0 Å². The Morgan fingerprint density at radius 1 is 1.15 bits per heavy atom. The van der Waals surface area contributed by atoms with E-state index < -0.39 is 0 Å². The zero-order chi connectivity index (χ0) is 18.1. The van der Waals surface area contributed by atoms with Crippen molar-refractivity contribution < 1.29 is 0 Å². The summed E-state index contributed by atoms with van der Waals surface area (Å²) in [6.45, 7) is 4.24. The topological polar surface area (TPSA) is 81.3 Å². The number of nitrogens with zero attached hydrogens (tertiary/aromatic N) is 6. The van der Waals surface area contributed by atoms with Crippen molar-refractivity contribution in [2.24, 2.45) is 0 Å². The predicted molar refractivity (Wildman–Crippen MR) is 100 cm³/mol. The molecule has 2 aromatic rings. The van der Waals surface area contributed by atoms with Crippen molar-refractivity contribution in [1.82, 2.24) is 24.8 Å². The maximum Gasteiger partial charge on any atom is 0.255 e. The Morgan fingerprint density at radius 2 is 1.88 bits per heavy atom. The Hall–Kier alpha value is -2.48. The summed E-state index contributed by atoms with van der Waals surface area (Å²) < 4.78 is 0. The molecule has 0 unspecified atom stereocenters. The summed E-state index contributed by atoms with van der Waals surface area (Å²) in [5.74, 6) is 1.44. The second-order valence-electron chi connectivity index (χ2n) is 7.26. The molecule has 1 saturated heterocycles. The van der Waals surface area contributed by atoms with Crippen molar-refractivity contribution in [3.63, 3.8) is 0 Å². The molecule has 26 heavy (non-hydrogen) atoms. The van der Waals surface area contributed by atoms with Gasteiger partial charge < -0.3 is 9.80 Å². The predicted octanol–water partition coefficient (Wildman–Crippen LogP) is 0.784. The standard InChI is InChI=1S/C18H25N7O/c1-23(2)17-19-9-13(10-20-17)11-24-8-5-14-15(12-24)21-18(22-16(14)26)25-6-3-4-7-25/h9-10H,3-8,11-12H2,1-2H3,(H,21,22,26). The van der Waals surface area contributed by atoms with Crippen LogP contribution in [0.5, 0.6) is 0 Å². The van der Waals surface area contributed by atoms with Gasteiger partial charge in [-0.25, -0.2) is 15.0 Å². The van der Waals surface area contributed by atoms with Gasteiger partial charge in [-0.3, -0.25) is 14.7 Å². The first-order valence-corrected chi connectivity index (χ1v) is 9.18. The largest absolute Gasteiger partial charge is 0.347 e. The van der Waals surface area contributed by atoms with Gasteiger partial charge in [-0.2, -0.15) is 0 Å². The molecule has 2 aliphatic rings. The van der Waals surface area contributed by atoms with Crippen LogP contribution in [0.3, 0.4) is 0 Å². The third-order valence-corrected chi connectivity index (χ3v) is 5.04. The van der Waals surface area contributed by atoms with Crippen LogP contribution in [0.1, 0.15) is 29.7 Å². The average Bonchev–Trinajstić information content (AvgIpc) is 3.16. The highest BCUT2D eigenvalue weighted by atomic mass is 16.1. The number of aromatic nitrogens is 4. The monoisotopic (exact) mass is 355 g/mol. The molecule has 2 aliphatic heterocycles. The lowest BCUT2D eigenvalue weighted by Gasteiger charge is -2.28. The number of fused-ring (bicyclic) bond motifs is 1. The van der Waals surface area contributed by atoms with Crippen molar-refractivity contribution in [3.05, 3.63) is 39.6 Å². The molecule has 138 valence electrons. The van der Waals surface area contributed by atoms with Crippen LogP contribution < -0.4 is 15.4 Å². The van der Waals surface area contributed by atoms with Gasteiger partial charge in [0.15, 0.2) is 0 Å². The fraction of sp³-hybridized carbons (Fsp3) is 0.556. The molecule has 0 aliphatic carbocycles. The Labute approximate surface area is 152 Å². The summed E-state index contributed by atoms with van der Waals surface area (Å²) in [6, 6.07) is 0. The van der Waals surface area contributed by atoms with E-state index in [0.717, 1.165) is 68.2 Å². The van der Waals surface area contributed by atoms with Crippen LogP contribution in [-0.2, 0) is 19.5 Å². The Morgan fingerprint density at radius 3 is 2.58 bits per heavy atom. The van der Waals surface area contributed by atoms with Crippen LogP contribution in [-0.4, -0.2) is 58.6 Å².